The van der Waals surface area contributed by atoms with Crippen molar-refractivity contribution >= 4 is 28.5 Å². The Bertz CT molecular complexity index is 1430. The highest BCUT2D eigenvalue weighted by Gasteiger charge is 2.25. The van der Waals surface area contributed by atoms with Crippen LogP contribution < -0.4 is 0 Å². The van der Waals surface area contributed by atoms with E-state index >= 15 is 0 Å². The smallest absolute Gasteiger partial charge is 0.340 e. The maximum absolute atomic E-state index is 12.1. The molecule has 2 heterocycles. The predicted octanol–water partition coefficient (Wildman–Crippen LogP) is 6.79. The Kier molecular flexibility index (Phi) is 10.2. The van der Waals surface area contributed by atoms with Gasteiger partial charge in [0.25, 0.3) is 0 Å². The van der Waals surface area contributed by atoms with Crippen molar-refractivity contribution in [3.05, 3.63) is 105 Å². The fourth-order valence-corrected chi connectivity index (χ4v) is 5.37. The molecule has 6 nitrogen and oxygen atoms in total. The van der Waals surface area contributed by atoms with Gasteiger partial charge in [0.1, 0.15) is 5.56 Å². The highest BCUT2D eigenvalue weighted by Crippen LogP contribution is 2.35. The number of benzene rings is 3. The quantitative estimate of drug-likeness (QED) is 0.247. The van der Waals surface area contributed by atoms with Crippen LogP contribution in [0.15, 0.2) is 66.7 Å². The summed E-state index contributed by atoms with van der Waals surface area (Å²) < 4.78 is 0. The zero-order chi connectivity index (χ0) is 28.6. The number of carboxylic acid groups (broad SMARTS) is 1. The van der Waals surface area contributed by atoms with Gasteiger partial charge in [0.2, 0.25) is 0 Å². The molecule has 40 heavy (non-hydrogen) atoms. The van der Waals surface area contributed by atoms with E-state index in [0.717, 1.165) is 30.6 Å². The van der Waals surface area contributed by atoms with Gasteiger partial charge in [0.15, 0.2) is 5.75 Å². The Balaban J connectivity index is 0.000000470. The van der Waals surface area contributed by atoms with Gasteiger partial charge < -0.3 is 15.1 Å². The molecule has 0 spiro atoms. The van der Waals surface area contributed by atoms with E-state index in [1.54, 1.807) is 18.2 Å². The summed E-state index contributed by atoms with van der Waals surface area (Å²) >= 11 is 5.99. The summed E-state index contributed by atoms with van der Waals surface area (Å²) in [6.45, 7) is 12.5. The summed E-state index contributed by atoms with van der Waals surface area (Å²) in [5, 5.41) is 21.9. The summed E-state index contributed by atoms with van der Waals surface area (Å²) in [5.41, 5.74) is 5.27. The van der Waals surface area contributed by atoms with Gasteiger partial charge in [-0.2, -0.15) is 0 Å². The van der Waals surface area contributed by atoms with Gasteiger partial charge in [-0.1, -0.05) is 87.0 Å². The van der Waals surface area contributed by atoms with Crippen LogP contribution in [-0.4, -0.2) is 57.1 Å². The van der Waals surface area contributed by atoms with Crippen molar-refractivity contribution in [3.63, 3.8) is 0 Å². The number of nitrogens with zero attached hydrogens (tertiary/aromatic N) is 3. The molecule has 5 rings (SSSR count). The minimum Gasteiger partial charge on any atom is -0.505 e. The number of hydrogen-bond acceptors (Lipinski definition) is 5. The lowest BCUT2D eigenvalue weighted by Gasteiger charge is -2.30. The van der Waals surface area contributed by atoms with Crippen molar-refractivity contribution in [2.75, 3.05) is 26.2 Å². The normalized spacial score (nSPS) is 13.1. The summed E-state index contributed by atoms with van der Waals surface area (Å²) in [4.78, 5) is 21.7. The van der Waals surface area contributed by atoms with E-state index in [1.807, 2.05) is 36.4 Å². The van der Waals surface area contributed by atoms with E-state index in [0.29, 0.717) is 34.6 Å². The number of carbonyl (C=O) groups is 1. The molecule has 0 saturated heterocycles. The van der Waals surface area contributed by atoms with E-state index < -0.39 is 5.97 Å². The minimum absolute atomic E-state index is 0.0908. The topological polar surface area (TPSA) is 76.9 Å². The molecule has 2 N–H and O–H groups in total. The molecule has 1 aliphatic heterocycles. The van der Waals surface area contributed by atoms with E-state index in [1.165, 1.54) is 30.8 Å². The number of carboxylic acids is 1. The Morgan fingerprint density at radius 2 is 1.62 bits per heavy atom. The zero-order valence-electron chi connectivity index (χ0n) is 23.5. The lowest BCUT2D eigenvalue weighted by atomic mass is 9.93. The van der Waals surface area contributed by atoms with Crippen LogP contribution in [0, 0.1) is 0 Å². The molecule has 1 aliphatic rings. The predicted molar refractivity (Wildman–Crippen MR) is 162 cm³/mol. The van der Waals surface area contributed by atoms with Crippen LogP contribution >= 0.6 is 11.6 Å². The first kappa shape index (κ1) is 29.5. The second-order valence-corrected chi connectivity index (χ2v) is 10.5. The molecule has 0 bridgehead atoms. The van der Waals surface area contributed by atoms with E-state index in [2.05, 4.69) is 42.7 Å². The molecule has 3 aromatic carbocycles. The molecular weight excluding hydrogens is 522 g/mol. The minimum atomic E-state index is -1.16. The third kappa shape index (κ3) is 7.00. The van der Waals surface area contributed by atoms with Gasteiger partial charge >= 0.3 is 5.97 Å². The molecule has 0 amide bonds. The summed E-state index contributed by atoms with van der Waals surface area (Å²) in [5.74, 6) is -1.43. The lowest BCUT2D eigenvalue weighted by Crippen LogP contribution is -2.30. The van der Waals surface area contributed by atoms with Crippen molar-refractivity contribution in [1.29, 1.82) is 0 Å². The number of hydrogen-bond donors (Lipinski definition) is 2. The largest absolute Gasteiger partial charge is 0.505 e. The van der Waals surface area contributed by atoms with Crippen LogP contribution in [0.25, 0.3) is 10.9 Å². The average Bonchev–Trinajstić information content (AvgIpc) is 2.96. The van der Waals surface area contributed by atoms with Gasteiger partial charge in [0.05, 0.1) is 11.2 Å². The van der Waals surface area contributed by atoms with Crippen LogP contribution in [0.2, 0.25) is 5.02 Å². The van der Waals surface area contributed by atoms with Crippen molar-refractivity contribution < 1.29 is 15.0 Å². The molecule has 0 aliphatic carbocycles. The Morgan fingerprint density at radius 1 is 0.950 bits per heavy atom. The maximum Gasteiger partial charge on any atom is 0.340 e. The molecule has 0 fully saturated rings. The van der Waals surface area contributed by atoms with Crippen molar-refractivity contribution in [2.45, 2.75) is 46.7 Å². The third-order valence-corrected chi connectivity index (χ3v) is 7.83. The summed E-state index contributed by atoms with van der Waals surface area (Å²) in [6.07, 6.45) is 1.19. The molecule has 4 aromatic rings. The molecule has 0 atom stereocenters. The van der Waals surface area contributed by atoms with Crippen LogP contribution in [0.1, 0.15) is 59.1 Å². The number of aromatic carboxylic acids is 1. The molecule has 210 valence electrons. The van der Waals surface area contributed by atoms with E-state index in [4.69, 9.17) is 16.6 Å². The van der Waals surface area contributed by atoms with Crippen LogP contribution in [0.5, 0.6) is 5.75 Å². The second kappa shape index (κ2) is 13.8. The molecule has 0 saturated carbocycles. The van der Waals surface area contributed by atoms with Gasteiger partial charge in [-0.15, -0.1) is 0 Å². The Morgan fingerprint density at radius 3 is 2.23 bits per heavy atom. The van der Waals surface area contributed by atoms with E-state index in [9.17, 15) is 15.0 Å². The van der Waals surface area contributed by atoms with Gasteiger partial charge in [0, 0.05) is 36.5 Å². The summed E-state index contributed by atoms with van der Waals surface area (Å²) in [7, 11) is 0. The molecule has 0 unspecified atom stereocenters. The lowest BCUT2D eigenvalue weighted by molar-refractivity contribution is 0.0695. The fraction of sp³-hybridized carbons (Fsp3) is 0.333. The SMILES string of the molecule is CCN(CC)CC.O=C(O)c1c(O)c(Cc2ccc(Cl)cc2)nc2c3c(ccc12)CCN(Cc1ccccc1)C3. The highest BCUT2D eigenvalue weighted by atomic mass is 35.5. The number of fused-ring (bicyclic) bond motifs is 3. The molecular formula is C33H38ClN3O3. The van der Waals surface area contributed by atoms with Crippen LogP contribution in [-0.2, 0) is 25.9 Å². The molecule has 7 heteroatoms. The number of halogens is 1. The second-order valence-electron chi connectivity index (χ2n) is 10.1. The van der Waals surface area contributed by atoms with Crippen molar-refractivity contribution in [3.8, 4) is 5.75 Å². The standard InChI is InChI=1S/C27H23ClN2O3.C6H15N/c28-20-9-6-17(7-10-20)14-23-26(31)24(27(32)33)21-11-8-19-12-13-30(16-22(19)25(21)29-23)15-18-4-2-1-3-5-18;1-4-7(5-2)6-3/h1-11,31H,12-16H2,(H,32,33);4-6H2,1-3H3. The number of rotatable bonds is 8. The molecule has 1 aromatic heterocycles. The van der Waals surface area contributed by atoms with Crippen LogP contribution in [0.4, 0.5) is 0 Å². The zero-order valence-corrected chi connectivity index (χ0v) is 24.3. The van der Waals surface area contributed by atoms with Gasteiger partial charge in [-0.25, -0.2) is 9.78 Å². The van der Waals surface area contributed by atoms with E-state index in [-0.39, 0.29) is 11.3 Å². The first-order valence-corrected chi connectivity index (χ1v) is 14.3. The maximum atomic E-state index is 12.1. The summed E-state index contributed by atoms with van der Waals surface area (Å²) in [6, 6.07) is 21.3. The van der Waals surface area contributed by atoms with Gasteiger partial charge in [-0.3, -0.25) is 4.90 Å². The first-order chi connectivity index (χ1) is 19.3. The molecule has 0 radical (unpaired) electrons. The first-order valence-electron chi connectivity index (χ1n) is 14.0. The van der Waals surface area contributed by atoms with Crippen molar-refractivity contribution in [2.24, 2.45) is 0 Å². The monoisotopic (exact) mass is 559 g/mol. The van der Waals surface area contributed by atoms with Crippen LogP contribution in [0.3, 0.4) is 0 Å². The van der Waals surface area contributed by atoms with Crippen molar-refractivity contribution in [1.82, 2.24) is 14.8 Å². The Labute approximate surface area is 241 Å². The van der Waals surface area contributed by atoms with Gasteiger partial charge in [-0.05, 0) is 60.4 Å². The number of pyridine rings is 1. The fourth-order valence-electron chi connectivity index (χ4n) is 5.24. The average molecular weight is 560 g/mol. The Hall–Kier alpha value is -3.45. The number of aromatic hydroxyl groups is 1. The third-order valence-electron chi connectivity index (χ3n) is 7.57. The number of aromatic nitrogens is 1. The highest BCUT2D eigenvalue weighted by molar-refractivity contribution is 6.30.